The second-order valence-electron chi connectivity index (χ2n) is 7.18. The van der Waals surface area contributed by atoms with Gasteiger partial charge in [0, 0.05) is 21.5 Å². The van der Waals surface area contributed by atoms with Gasteiger partial charge >= 0.3 is 5.97 Å². The third kappa shape index (κ3) is 5.26. The first-order valence-electron chi connectivity index (χ1n) is 9.85. The Kier molecular flexibility index (Phi) is 7.48. The lowest BCUT2D eigenvalue weighted by molar-refractivity contribution is -0.138. The third-order valence-electron chi connectivity index (χ3n) is 4.87. The number of benzene rings is 2. The fourth-order valence-corrected chi connectivity index (χ4v) is 5.14. The molecular weight excluding hydrogens is 475 g/mol. The van der Waals surface area contributed by atoms with Gasteiger partial charge in [-0.05, 0) is 42.8 Å². The number of hydrogen-bond acceptors (Lipinski definition) is 6. The van der Waals surface area contributed by atoms with Crippen molar-refractivity contribution in [3.8, 4) is 5.75 Å². The molecule has 0 aliphatic heterocycles. The number of unbranched alkanes of at least 4 members (excludes halogenated alkanes) is 1. The normalized spacial score (nSPS) is 12.5. The van der Waals surface area contributed by atoms with Gasteiger partial charge in [-0.2, -0.15) is 0 Å². The quantitative estimate of drug-likeness (QED) is 0.406. The number of carbonyl (C=O) groups is 1. The van der Waals surface area contributed by atoms with Crippen LogP contribution in [-0.4, -0.2) is 37.6 Å². The van der Waals surface area contributed by atoms with Gasteiger partial charge in [0.15, 0.2) is 5.03 Å². The van der Waals surface area contributed by atoms with Gasteiger partial charge in [0.2, 0.25) is 9.84 Å². The summed E-state index contributed by atoms with van der Waals surface area (Å²) in [6.07, 6.45) is 1.96. The summed E-state index contributed by atoms with van der Waals surface area (Å²) in [4.78, 5) is 16.0. The van der Waals surface area contributed by atoms with Gasteiger partial charge in [-0.3, -0.25) is 0 Å². The van der Waals surface area contributed by atoms with Crippen molar-refractivity contribution in [2.75, 3.05) is 12.4 Å². The molecule has 0 radical (unpaired) electrons. The second kappa shape index (κ2) is 9.94. The molecular formula is C22H22Cl2N2O5S. The zero-order chi connectivity index (χ0) is 23.5. The number of carboxylic acids is 1. The molecule has 3 aromatic rings. The Hall–Kier alpha value is -2.55. The highest BCUT2D eigenvalue weighted by atomic mass is 35.5. The van der Waals surface area contributed by atoms with Crippen molar-refractivity contribution in [2.45, 2.75) is 42.1 Å². The molecule has 0 amide bonds. The number of ether oxygens (including phenoxy) is 1. The number of fused-ring (bicyclic) bond motifs is 1. The highest BCUT2D eigenvalue weighted by Gasteiger charge is 2.23. The van der Waals surface area contributed by atoms with Crippen LogP contribution in [0.5, 0.6) is 5.75 Å². The fourth-order valence-electron chi connectivity index (χ4n) is 3.23. The number of pyridine rings is 1. The number of sulfone groups is 1. The van der Waals surface area contributed by atoms with Gasteiger partial charge in [0.05, 0.1) is 23.2 Å². The first-order valence-corrected chi connectivity index (χ1v) is 12.1. The Morgan fingerprint density at radius 2 is 1.84 bits per heavy atom. The van der Waals surface area contributed by atoms with Crippen LogP contribution in [0.2, 0.25) is 10.0 Å². The molecule has 170 valence electrons. The molecule has 1 heterocycles. The van der Waals surface area contributed by atoms with E-state index in [4.69, 9.17) is 27.9 Å². The van der Waals surface area contributed by atoms with E-state index >= 15 is 0 Å². The lowest BCUT2D eigenvalue weighted by Gasteiger charge is -2.18. The minimum atomic E-state index is -4.02. The molecule has 1 unspecified atom stereocenters. The van der Waals surface area contributed by atoms with Crippen LogP contribution >= 0.6 is 23.2 Å². The summed E-state index contributed by atoms with van der Waals surface area (Å²) in [5, 5.41) is 13.3. The van der Waals surface area contributed by atoms with E-state index in [1.165, 1.54) is 31.4 Å². The molecule has 0 saturated heterocycles. The van der Waals surface area contributed by atoms with Crippen molar-refractivity contribution >= 4 is 55.6 Å². The topological polar surface area (TPSA) is 106 Å². The second-order valence-corrected chi connectivity index (χ2v) is 9.95. The molecule has 32 heavy (non-hydrogen) atoms. The summed E-state index contributed by atoms with van der Waals surface area (Å²) in [5.41, 5.74) is 0.673. The van der Waals surface area contributed by atoms with Crippen molar-refractivity contribution in [1.82, 2.24) is 4.98 Å². The Morgan fingerprint density at radius 3 is 2.44 bits per heavy atom. The largest absolute Gasteiger partial charge is 0.497 e. The summed E-state index contributed by atoms with van der Waals surface area (Å²) >= 11 is 12.0. The Morgan fingerprint density at radius 1 is 1.16 bits per heavy atom. The van der Waals surface area contributed by atoms with Crippen LogP contribution in [0.3, 0.4) is 0 Å². The van der Waals surface area contributed by atoms with Crippen molar-refractivity contribution < 1.29 is 23.1 Å². The summed E-state index contributed by atoms with van der Waals surface area (Å²) in [7, 11) is -2.53. The van der Waals surface area contributed by atoms with E-state index in [9.17, 15) is 18.3 Å². The molecule has 0 bridgehead atoms. The number of carboxylic acid groups (broad SMARTS) is 1. The molecule has 0 saturated carbocycles. The van der Waals surface area contributed by atoms with Crippen LogP contribution in [0, 0.1) is 0 Å². The average Bonchev–Trinajstić information content (AvgIpc) is 2.75. The minimum absolute atomic E-state index is 0.0868. The number of aliphatic carboxylic acids is 1. The van der Waals surface area contributed by atoms with E-state index in [1.54, 1.807) is 18.2 Å². The number of hydrogen-bond donors (Lipinski definition) is 2. The van der Waals surface area contributed by atoms with Gasteiger partial charge in [-0.1, -0.05) is 43.0 Å². The van der Waals surface area contributed by atoms with E-state index < -0.39 is 21.8 Å². The predicted octanol–water partition coefficient (Wildman–Crippen LogP) is 5.44. The van der Waals surface area contributed by atoms with Crippen LogP contribution < -0.4 is 10.1 Å². The monoisotopic (exact) mass is 496 g/mol. The zero-order valence-electron chi connectivity index (χ0n) is 17.4. The molecule has 7 nitrogen and oxygen atoms in total. The SMILES string of the molecule is CCCCC(Nc1cc(OC)cc2ccc(S(=O)(=O)c3cc(Cl)cc(Cl)c3)nc12)C(=O)O. The highest BCUT2D eigenvalue weighted by Crippen LogP contribution is 2.32. The molecule has 3 rings (SSSR count). The molecule has 2 aromatic carbocycles. The molecule has 0 fully saturated rings. The number of aromatic nitrogens is 1. The average molecular weight is 497 g/mol. The minimum Gasteiger partial charge on any atom is -0.497 e. The van der Waals surface area contributed by atoms with Gasteiger partial charge in [-0.15, -0.1) is 0 Å². The van der Waals surface area contributed by atoms with Crippen LogP contribution in [0.4, 0.5) is 5.69 Å². The van der Waals surface area contributed by atoms with Gasteiger partial charge in [-0.25, -0.2) is 18.2 Å². The number of nitrogens with one attached hydrogen (secondary N) is 1. The molecule has 0 spiro atoms. The summed E-state index contributed by atoms with van der Waals surface area (Å²) < 4.78 is 31.7. The number of anilines is 1. The van der Waals surface area contributed by atoms with Crippen molar-refractivity contribution in [1.29, 1.82) is 0 Å². The lowest BCUT2D eigenvalue weighted by Crippen LogP contribution is -2.29. The Labute approximate surface area is 196 Å². The molecule has 1 aromatic heterocycles. The first kappa shape index (κ1) is 24.1. The van der Waals surface area contributed by atoms with Gasteiger partial charge in [0.25, 0.3) is 0 Å². The highest BCUT2D eigenvalue weighted by molar-refractivity contribution is 7.91. The Balaban J connectivity index is 2.14. The van der Waals surface area contributed by atoms with Crippen molar-refractivity contribution in [3.63, 3.8) is 0 Å². The summed E-state index contributed by atoms with van der Waals surface area (Å²) in [6.45, 7) is 1.97. The maximum Gasteiger partial charge on any atom is 0.326 e. The van der Waals surface area contributed by atoms with Crippen LogP contribution in [0.1, 0.15) is 26.2 Å². The lowest BCUT2D eigenvalue weighted by atomic mass is 10.1. The van der Waals surface area contributed by atoms with Crippen molar-refractivity contribution in [2.24, 2.45) is 0 Å². The van der Waals surface area contributed by atoms with Gasteiger partial charge in [0.1, 0.15) is 11.8 Å². The Bertz CT molecular complexity index is 1240. The third-order valence-corrected chi connectivity index (χ3v) is 6.94. The van der Waals surface area contributed by atoms with E-state index in [-0.39, 0.29) is 20.0 Å². The zero-order valence-corrected chi connectivity index (χ0v) is 19.8. The number of nitrogens with zero attached hydrogens (tertiary/aromatic N) is 1. The molecule has 2 N–H and O–H groups in total. The number of halogens is 2. The summed E-state index contributed by atoms with van der Waals surface area (Å²) in [5.74, 6) is -0.523. The molecule has 0 aliphatic carbocycles. The molecule has 10 heteroatoms. The van der Waals surface area contributed by atoms with Crippen LogP contribution in [0.15, 0.2) is 52.4 Å². The van der Waals surface area contributed by atoms with Crippen molar-refractivity contribution in [3.05, 3.63) is 52.5 Å². The number of rotatable bonds is 9. The standard InChI is InChI=1S/C22H22Cl2N2O5S/c1-3-4-5-18(22(27)28)25-19-12-16(31-2)8-13-6-7-20(26-21(13)19)32(29,30)17-10-14(23)9-15(24)11-17/h6-12,18,25H,3-5H2,1-2H3,(H,27,28). The summed E-state index contributed by atoms with van der Waals surface area (Å²) in [6, 6.07) is 9.44. The maximum absolute atomic E-state index is 13.2. The molecule has 0 aliphatic rings. The maximum atomic E-state index is 13.2. The first-order chi connectivity index (χ1) is 15.1. The van der Waals surface area contributed by atoms with Gasteiger partial charge < -0.3 is 15.2 Å². The smallest absolute Gasteiger partial charge is 0.326 e. The van der Waals surface area contributed by atoms with E-state index in [0.29, 0.717) is 35.2 Å². The molecule has 1 atom stereocenters. The van der Waals surface area contributed by atoms with Crippen LogP contribution in [0.25, 0.3) is 10.9 Å². The number of methoxy groups -OCH3 is 1. The van der Waals surface area contributed by atoms with E-state index in [0.717, 1.165) is 6.42 Å². The predicted molar refractivity (Wildman–Crippen MR) is 125 cm³/mol. The van der Waals surface area contributed by atoms with E-state index in [1.807, 2.05) is 6.92 Å². The van der Waals surface area contributed by atoms with Crippen LogP contribution in [-0.2, 0) is 14.6 Å². The fraction of sp³-hybridized carbons (Fsp3) is 0.273. The van der Waals surface area contributed by atoms with E-state index in [2.05, 4.69) is 10.3 Å².